The van der Waals surface area contributed by atoms with E-state index in [4.69, 9.17) is 5.21 Å². The monoisotopic (exact) mass is 434 g/mol. The van der Waals surface area contributed by atoms with E-state index in [1.165, 1.54) is 25.3 Å². The molecule has 1 saturated carbocycles. The van der Waals surface area contributed by atoms with E-state index in [-0.39, 0.29) is 12.1 Å². The maximum absolute atomic E-state index is 13.0. The van der Waals surface area contributed by atoms with Crippen molar-refractivity contribution in [2.45, 2.75) is 44.7 Å². The first-order valence-electron chi connectivity index (χ1n) is 11.3. The Bertz CT molecular complexity index is 967. The van der Waals surface area contributed by atoms with Gasteiger partial charge in [0, 0.05) is 31.8 Å². The molecule has 1 heterocycles. The number of amides is 3. The molecule has 0 bridgehead atoms. The SMILES string of the molecule is O=C(/C=C/c1ccc(CN2CCN(C(=O)NC3CCCCC3)c3ccccc32)cc1)NO. The highest BCUT2D eigenvalue weighted by Crippen LogP contribution is 2.34. The molecule has 0 spiro atoms. The lowest BCUT2D eigenvalue weighted by Crippen LogP contribution is -2.50. The van der Waals surface area contributed by atoms with Crippen molar-refractivity contribution in [3.05, 3.63) is 65.7 Å². The Balaban J connectivity index is 1.44. The lowest BCUT2D eigenvalue weighted by molar-refractivity contribution is -0.124. The van der Waals surface area contributed by atoms with Gasteiger partial charge in [0.1, 0.15) is 0 Å². The fraction of sp³-hybridized carbons (Fsp3) is 0.360. The molecular weight excluding hydrogens is 404 g/mol. The van der Waals surface area contributed by atoms with Gasteiger partial charge in [-0.2, -0.15) is 0 Å². The molecule has 3 amide bonds. The fourth-order valence-electron chi connectivity index (χ4n) is 4.46. The van der Waals surface area contributed by atoms with Crippen LogP contribution in [0.3, 0.4) is 0 Å². The van der Waals surface area contributed by atoms with Crippen molar-refractivity contribution in [1.82, 2.24) is 10.8 Å². The summed E-state index contributed by atoms with van der Waals surface area (Å²) in [5.41, 5.74) is 5.60. The highest BCUT2D eigenvalue weighted by molar-refractivity contribution is 5.97. The second kappa shape index (κ2) is 10.3. The minimum absolute atomic E-state index is 0.00653. The number of hydroxylamine groups is 1. The molecule has 1 aliphatic carbocycles. The van der Waals surface area contributed by atoms with Gasteiger partial charge < -0.3 is 10.2 Å². The van der Waals surface area contributed by atoms with Crippen molar-refractivity contribution in [3.63, 3.8) is 0 Å². The highest BCUT2D eigenvalue weighted by Gasteiger charge is 2.28. The number of fused-ring (bicyclic) bond motifs is 1. The van der Waals surface area contributed by atoms with Gasteiger partial charge in [0.15, 0.2) is 0 Å². The number of urea groups is 1. The average molecular weight is 435 g/mol. The number of nitrogens with one attached hydrogen (secondary N) is 2. The van der Waals surface area contributed by atoms with Crippen LogP contribution in [0.2, 0.25) is 0 Å². The predicted molar refractivity (Wildman–Crippen MR) is 126 cm³/mol. The van der Waals surface area contributed by atoms with Gasteiger partial charge in [0.2, 0.25) is 0 Å². The van der Waals surface area contributed by atoms with Gasteiger partial charge in [-0.3, -0.25) is 14.9 Å². The summed E-state index contributed by atoms with van der Waals surface area (Å²) in [6.07, 6.45) is 8.73. The molecule has 0 radical (unpaired) electrons. The third-order valence-corrected chi connectivity index (χ3v) is 6.18. The van der Waals surface area contributed by atoms with Gasteiger partial charge in [0.05, 0.1) is 11.4 Å². The fourth-order valence-corrected chi connectivity index (χ4v) is 4.46. The zero-order valence-electron chi connectivity index (χ0n) is 18.2. The van der Waals surface area contributed by atoms with Crippen LogP contribution < -0.4 is 20.6 Å². The molecule has 0 saturated heterocycles. The van der Waals surface area contributed by atoms with Gasteiger partial charge in [0.25, 0.3) is 5.91 Å². The Morgan fingerprint density at radius 3 is 2.41 bits per heavy atom. The van der Waals surface area contributed by atoms with E-state index >= 15 is 0 Å². The van der Waals surface area contributed by atoms with Gasteiger partial charge in [-0.15, -0.1) is 0 Å². The number of anilines is 2. The van der Waals surface area contributed by atoms with Crippen LogP contribution >= 0.6 is 0 Å². The van der Waals surface area contributed by atoms with Crippen LogP contribution in [0.5, 0.6) is 0 Å². The topological polar surface area (TPSA) is 84.9 Å². The molecule has 7 heteroatoms. The molecule has 0 atom stereocenters. The second-order valence-electron chi connectivity index (χ2n) is 8.40. The van der Waals surface area contributed by atoms with Crippen molar-refractivity contribution in [3.8, 4) is 0 Å². The van der Waals surface area contributed by atoms with Crippen molar-refractivity contribution in [2.75, 3.05) is 22.9 Å². The van der Waals surface area contributed by atoms with Crippen LogP contribution in [0.15, 0.2) is 54.6 Å². The molecule has 2 aromatic carbocycles. The van der Waals surface area contributed by atoms with E-state index in [0.717, 1.165) is 48.4 Å². The lowest BCUT2D eigenvalue weighted by atomic mass is 9.96. The molecule has 2 aliphatic rings. The smallest absolute Gasteiger partial charge is 0.322 e. The molecular formula is C25H30N4O3. The Labute approximate surface area is 188 Å². The van der Waals surface area contributed by atoms with Crippen molar-refractivity contribution < 1.29 is 14.8 Å². The average Bonchev–Trinajstić information content (AvgIpc) is 2.84. The molecule has 2 aromatic rings. The molecule has 4 rings (SSSR count). The molecule has 0 unspecified atom stereocenters. The highest BCUT2D eigenvalue weighted by atomic mass is 16.5. The van der Waals surface area contributed by atoms with Crippen LogP contribution in [0.25, 0.3) is 6.08 Å². The van der Waals surface area contributed by atoms with Gasteiger partial charge in [-0.05, 0) is 42.2 Å². The van der Waals surface area contributed by atoms with Crippen molar-refractivity contribution in [1.29, 1.82) is 0 Å². The summed E-state index contributed by atoms with van der Waals surface area (Å²) in [4.78, 5) is 28.3. The van der Waals surface area contributed by atoms with Crippen LogP contribution in [0.1, 0.15) is 43.2 Å². The van der Waals surface area contributed by atoms with E-state index in [9.17, 15) is 9.59 Å². The third-order valence-electron chi connectivity index (χ3n) is 6.18. The maximum atomic E-state index is 13.0. The predicted octanol–water partition coefficient (Wildman–Crippen LogP) is 4.07. The Morgan fingerprint density at radius 1 is 0.969 bits per heavy atom. The first kappa shape index (κ1) is 21.9. The van der Waals surface area contributed by atoms with E-state index in [1.807, 2.05) is 47.4 Å². The largest absolute Gasteiger partial charge is 0.364 e. The molecule has 32 heavy (non-hydrogen) atoms. The number of benzene rings is 2. The van der Waals surface area contributed by atoms with E-state index in [2.05, 4.69) is 16.3 Å². The Morgan fingerprint density at radius 2 is 1.69 bits per heavy atom. The normalized spacial score (nSPS) is 16.7. The number of para-hydroxylation sites is 2. The van der Waals surface area contributed by atoms with E-state index in [0.29, 0.717) is 6.54 Å². The first-order valence-corrected chi connectivity index (χ1v) is 11.3. The summed E-state index contributed by atoms with van der Waals surface area (Å²) < 4.78 is 0. The molecule has 1 fully saturated rings. The zero-order valence-corrected chi connectivity index (χ0v) is 18.2. The van der Waals surface area contributed by atoms with Crippen molar-refractivity contribution >= 4 is 29.4 Å². The minimum atomic E-state index is -0.559. The zero-order chi connectivity index (χ0) is 22.3. The van der Waals surface area contributed by atoms with Crippen molar-refractivity contribution in [2.24, 2.45) is 0 Å². The van der Waals surface area contributed by atoms with Crippen LogP contribution in [0.4, 0.5) is 16.2 Å². The van der Waals surface area contributed by atoms with E-state index in [1.54, 1.807) is 11.6 Å². The molecule has 3 N–H and O–H groups in total. The van der Waals surface area contributed by atoms with Crippen LogP contribution in [-0.4, -0.2) is 36.3 Å². The van der Waals surface area contributed by atoms with Gasteiger partial charge >= 0.3 is 6.03 Å². The van der Waals surface area contributed by atoms with Crippen LogP contribution in [-0.2, 0) is 11.3 Å². The van der Waals surface area contributed by atoms with Gasteiger partial charge in [-0.25, -0.2) is 10.3 Å². The summed E-state index contributed by atoms with van der Waals surface area (Å²) in [5.74, 6) is -0.559. The Hall–Kier alpha value is -3.32. The quantitative estimate of drug-likeness (QED) is 0.376. The molecule has 7 nitrogen and oxygen atoms in total. The van der Waals surface area contributed by atoms with Gasteiger partial charge in [-0.1, -0.05) is 55.7 Å². The standard InChI is InChI=1S/C25H30N4O3/c30-24(27-32)15-14-19-10-12-20(13-11-19)18-28-16-17-29(23-9-5-4-8-22(23)28)25(31)26-21-6-2-1-3-7-21/h4-5,8-15,21,32H,1-3,6-7,16-18H2,(H,26,31)(H,27,30)/b15-14+. The number of rotatable bonds is 5. The summed E-state index contributed by atoms with van der Waals surface area (Å²) in [7, 11) is 0. The van der Waals surface area contributed by atoms with Crippen LogP contribution in [0, 0.1) is 0 Å². The second-order valence-corrected chi connectivity index (χ2v) is 8.40. The Kier molecular flexibility index (Phi) is 7.07. The maximum Gasteiger partial charge on any atom is 0.322 e. The lowest BCUT2D eigenvalue weighted by Gasteiger charge is -2.38. The molecule has 1 aliphatic heterocycles. The first-order chi connectivity index (χ1) is 15.6. The third kappa shape index (κ3) is 5.29. The number of hydrogen-bond acceptors (Lipinski definition) is 4. The summed E-state index contributed by atoms with van der Waals surface area (Å²) >= 11 is 0. The number of nitrogens with zero attached hydrogens (tertiary/aromatic N) is 2. The molecule has 168 valence electrons. The number of carbonyl (C=O) groups is 2. The minimum Gasteiger partial charge on any atom is -0.364 e. The summed E-state index contributed by atoms with van der Waals surface area (Å²) in [5, 5.41) is 11.8. The number of carbonyl (C=O) groups excluding carboxylic acids is 2. The van der Waals surface area contributed by atoms with E-state index < -0.39 is 5.91 Å². The summed E-state index contributed by atoms with van der Waals surface area (Å²) in [6, 6.07) is 16.3. The molecule has 0 aromatic heterocycles. The number of hydrogen-bond donors (Lipinski definition) is 3. The summed E-state index contributed by atoms with van der Waals surface area (Å²) in [6.45, 7) is 2.14.